The lowest BCUT2D eigenvalue weighted by molar-refractivity contribution is -0.141. The maximum Gasteiger partial charge on any atom is 0.307 e. The number of methoxy groups -OCH3 is 2. The van der Waals surface area contributed by atoms with E-state index in [0.29, 0.717) is 6.42 Å². The summed E-state index contributed by atoms with van der Waals surface area (Å²) in [5.41, 5.74) is 0.990. The van der Waals surface area contributed by atoms with Crippen LogP contribution in [0.4, 0.5) is 0 Å². The molecule has 0 aliphatic rings. The summed E-state index contributed by atoms with van der Waals surface area (Å²) < 4.78 is 9.72. The van der Waals surface area contributed by atoms with Crippen LogP contribution in [0.1, 0.15) is 12.0 Å². The highest BCUT2D eigenvalue weighted by molar-refractivity contribution is 5.87. The summed E-state index contributed by atoms with van der Waals surface area (Å²) in [6, 6.07) is 7.12. The molecule has 0 radical (unpaired) electrons. The molecule has 0 spiro atoms. The maximum absolute atomic E-state index is 11.4. The fourth-order valence-electron chi connectivity index (χ4n) is 1.76. The lowest BCUT2D eigenvalue weighted by Crippen LogP contribution is -2.37. The Hall–Kier alpha value is -2.30. The Morgan fingerprint density at radius 2 is 1.95 bits per heavy atom. The van der Waals surface area contributed by atoms with Gasteiger partial charge in [0.25, 0.3) is 0 Å². The molecule has 0 aliphatic heterocycles. The number of carbonyl (C=O) groups excluding carboxylic acids is 2. The van der Waals surface area contributed by atoms with Gasteiger partial charge in [0.15, 0.2) is 0 Å². The molecule has 1 rings (SSSR count). The second-order valence-electron chi connectivity index (χ2n) is 4.24. The van der Waals surface area contributed by atoms with Gasteiger partial charge in [0.05, 0.1) is 20.6 Å². The van der Waals surface area contributed by atoms with Crippen molar-refractivity contribution in [3.05, 3.63) is 42.5 Å². The minimum Gasteiger partial charge on any atom is -0.497 e. The van der Waals surface area contributed by atoms with Gasteiger partial charge in [0.1, 0.15) is 5.75 Å². The Labute approximate surface area is 118 Å². The molecule has 5 nitrogen and oxygen atoms in total. The first kappa shape index (κ1) is 15.8. The number of hydrogen-bond acceptors (Lipinski definition) is 4. The van der Waals surface area contributed by atoms with Crippen LogP contribution in [0.3, 0.4) is 0 Å². The molecule has 20 heavy (non-hydrogen) atoms. The van der Waals surface area contributed by atoms with Crippen LogP contribution in [0.15, 0.2) is 36.9 Å². The smallest absolute Gasteiger partial charge is 0.307 e. The Morgan fingerprint density at radius 1 is 1.30 bits per heavy atom. The molecular weight excluding hydrogens is 258 g/mol. The molecule has 0 heterocycles. The predicted molar refractivity (Wildman–Crippen MR) is 75.5 cm³/mol. The van der Waals surface area contributed by atoms with Gasteiger partial charge in [-0.05, 0) is 30.2 Å². The Kier molecular flexibility index (Phi) is 6.29. The monoisotopic (exact) mass is 277 g/mol. The summed E-state index contributed by atoms with van der Waals surface area (Å²) in [7, 11) is 2.92. The largest absolute Gasteiger partial charge is 0.497 e. The molecule has 1 amide bonds. The minimum absolute atomic E-state index is 0.113. The normalized spacial score (nSPS) is 11.3. The number of nitrogens with one attached hydrogen (secondary N) is 1. The van der Waals surface area contributed by atoms with Crippen molar-refractivity contribution in [3.63, 3.8) is 0 Å². The van der Waals surface area contributed by atoms with E-state index in [-0.39, 0.29) is 24.3 Å². The number of esters is 1. The van der Waals surface area contributed by atoms with Crippen LogP contribution in [0.5, 0.6) is 5.75 Å². The highest BCUT2D eigenvalue weighted by Gasteiger charge is 2.16. The van der Waals surface area contributed by atoms with E-state index in [1.807, 2.05) is 24.3 Å². The molecule has 0 bridgehead atoms. The first-order valence-corrected chi connectivity index (χ1v) is 6.21. The zero-order valence-electron chi connectivity index (χ0n) is 11.7. The molecule has 0 saturated carbocycles. The fraction of sp³-hybridized carbons (Fsp3) is 0.333. The second-order valence-corrected chi connectivity index (χ2v) is 4.24. The molecule has 0 aliphatic carbocycles. The number of benzene rings is 1. The number of hydrogen-bond donors (Lipinski definition) is 1. The van der Waals surface area contributed by atoms with E-state index in [0.717, 1.165) is 11.3 Å². The van der Waals surface area contributed by atoms with E-state index in [2.05, 4.69) is 16.6 Å². The predicted octanol–water partition coefficient (Wildman–Crippen LogP) is 1.47. The highest BCUT2D eigenvalue weighted by atomic mass is 16.5. The fourth-order valence-corrected chi connectivity index (χ4v) is 1.76. The van der Waals surface area contributed by atoms with Gasteiger partial charge in [-0.3, -0.25) is 9.59 Å². The van der Waals surface area contributed by atoms with Gasteiger partial charge < -0.3 is 14.8 Å². The van der Waals surface area contributed by atoms with Crippen LogP contribution in [-0.4, -0.2) is 32.1 Å². The average Bonchev–Trinajstić information content (AvgIpc) is 2.47. The number of rotatable bonds is 7. The van der Waals surface area contributed by atoms with E-state index in [1.54, 1.807) is 7.11 Å². The minimum atomic E-state index is -0.368. The zero-order valence-corrected chi connectivity index (χ0v) is 11.7. The van der Waals surface area contributed by atoms with Gasteiger partial charge in [-0.25, -0.2) is 0 Å². The molecule has 1 N–H and O–H groups in total. The molecule has 1 aromatic carbocycles. The quantitative estimate of drug-likeness (QED) is 0.605. The highest BCUT2D eigenvalue weighted by Crippen LogP contribution is 2.13. The maximum atomic E-state index is 11.4. The van der Waals surface area contributed by atoms with Gasteiger partial charge >= 0.3 is 5.97 Å². The van der Waals surface area contributed by atoms with Crippen molar-refractivity contribution in [2.45, 2.75) is 18.9 Å². The third kappa shape index (κ3) is 5.14. The molecule has 0 unspecified atom stereocenters. The number of carbonyl (C=O) groups is 2. The van der Waals surface area contributed by atoms with E-state index in [9.17, 15) is 9.59 Å². The first-order chi connectivity index (χ1) is 9.58. The summed E-state index contributed by atoms with van der Waals surface area (Å²) >= 11 is 0. The Morgan fingerprint density at radius 3 is 2.45 bits per heavy atom. The lowest BCUT2D eigenvalue weighted by atomic mass is 10.0. The summed E-state index contributed by atoms with van der Waals surface area (Å²) in [6.07, 6.45) is 1.82. The lowest BCUT2D eigenvalue weighted by Gasteiger charge is -2.17. The van der Waals surface area contributed by atoms with Gasteiger partial charge in [0.2, 0.25) is 5.91 Å². The Balaban J connectivity index is 2.73. The van der Waals surface area contributed by atoms with Crippen LogP contribution in [-0.2, 0) is 20.7 Å². The van der Waals surface area contributed by atoms with Crippen LogP contribution in [0.25, 0.3) is 0 Å². The summed E-state index contributed by atoms with van der Waals surface area (Å²) in [5.74, 6) is 0.0775. The average molecular weight is 277 g/mol. The molecule has 0 aromatic heterocycles. The van der Waals surface area contributed by atoms with Crippen molar-refractivity contribution < 1.29 is 19.1 Å². The molecule has 0 fully saturated rings. The summed E-state index contributed by atoms with van der Waals surface area (Å²) in [4.78, 5) is 22.7. The van der Waals surface area contributed by atoms with Crippen LogP contribution < -0.4 is 10.1 Å². The molecular formula is C15H19NO4. The van der Waals surface area contributed by atoms with Crippen molar-refractivity contribution in [1.29, 1.82) is 0 Å². The molecule has 108 valence electrons. The van der Waals surface area contributed by atoms with Crippen molar-refractivity contribution in [1.82, 2.24) is 5.32 Å². The molecule has 5 heteroatoms. The van der Waals surface area contributed by atoms with Crippen LogP contribution in [0.2, 0.25) is 0 Å². The van der Waals surface area contributed by atoms with Gasteiger partial charge in [-0.1, -0.05) is 18.7 Å². The van der Waals surface area contributed by atoms with Crippen molar-refractivity contribution >= 4 is 11.9 Å². The third-order valence-corrected chi connectivity index (χ3v) is 2.81. The van der Waals surface area contributed by atoms with Crippen molar-refractivity contribution in [2.75, 3.05) is 14.2 Å². The van der Waals surface area contributed by atoms with E-state index in [1.165, 1.54) is 13.2 Å². The summed E-state index contributed by atoms with van der Waals surface area (Å²) in [5, 5.41) is 2.72. The number of ether oxygens (including phenoxy) is 2. The van der Waals surface area contributed by atoms with Crippen LogP contribution in [0, 0.1) is 0 Å². The van der Waals surface area contributed by atoms with E-state index >= 15 is 0 Å². The first-order valence-electron chi connectivity index (χ1n) is 6.21. The second kappa shape index (κ2) is 7.99. The van der Waals surface area contributed by atoms with Gasteiger partial charge in [-0.2, -0.15) is 0 Å². The molecule has 1 aromatic rings. The topological polar surface area (TPSA) is 64.6 Å². The Bertz CT molecular complexity index is 467. The van der Waals surface area contributed by atoms with E-state index in [4.69, 9.17) is 4.74 Å². The molecule has 0 saturated heterocycles. The number of amides is 1. The molecule has 1 atom stereocenters. The third-order valence-electron chi connectivity index (χ3n) is 2.81. The van der Waals surface area contributed by atoms with Crippen LogP contribution >= 0.6 is 0 Å². The van der Waals surface area contributed by atoms with Crippen molar-refractivity contribution in [3.8, 4) is 5.75 Å². The summed E-state index contributed by atoms with van der Waals surface area (Å²) in [6.45, 7) is 3.40. The standard InChI is InChI=1S/C15H19NO4/c1-4-14(17)16-12(10-15(18)20-3)9-11-5-7-13(19-2)8-6-11/h4-8,12H,1,9-10H2,2-3H3,(H,16,17)/t12-/m0/s1. The zero-order chi connectivity index (χ0) is 15.0. The van der Waals surface area contributed by atoms with Gasteiger partial charge in [0, 0.05) is 6.04 Å². The van der Waals surface area contributed by atoms with Crippen molar-refractivity contribution in [2.24, 2.45) is 0 Å². The SMILES string of the molecule is C=CC(=O)N[C@H](CC(=O)OC)Cc1ccc(OC)cc1. The van der Waals surface area contributed by atoms with Gasteiger partial charge in [-0.15, -0.1) is 0 Å². The van der Waals surface area contributed by atoms with E-state index < -0.39 is 0 Å².